The minimum Gasteiger partial charge on any atom is -0.454 e. The van der Waals surface area contributed by atoms with Gasteiger partial charge in [0.1, 0.15) is 11.3 Å². The topological polar surface area (TPSA) is 120 Å². The van der Waals surface area contributed by atoms with Crippen molar-refractivity contribution in [1.82, 2.24) is 24.4 Å². The highest BCUT2D eigenvalue weighted by Gasteiger charge is 2.15. The minimum atomic E-state index is -0.447. The molecule has 2 aromatic heterocycles. The molecule has 0 radical (unpaired) electrons. The normalized spacial score (nSPS) is 12.5. The first-order valence-corrected chi connectivity index (χ1v) is 8.74. The third-order valence-corrected chi connectivity index (χ3v) is 4.66. The van der Waals surface area contributed by atoms with Crippen molar-refractivity contribution in [2.45, 2.75) is 19.4 Å². The molecule has 0 aliphatic carbocycles. The van der Waals surface area contributed by atoms with Gasteiger partial charge < -0.3 is 19.8 Å². The van der Waals surface area contributed by atoms with Crippen molar-refractivity contribution in [3.8, 4) is 11.5 Å². The maximum Gasteiger partial charge on any atom is 0.332 e. The number of carbonyl (C=O) groups excluding carboxylic acids is 1. The van der Waals surface area contributed by atoms with Crippen LogP contribution in [0.2, 0.25) is 0 Å². The van der Waals surface area contributed by atoms with Crippen LogP contribution in [0.4, 0.5) is 0 Å². The number of ether oxygens (including phenoxy) is 2. The number of aromatic nitrogens is 4. The van der Waals surface area contributed by atoms with Crippen LogP contribution in [-0.4, -0.2) is 31.8 Å². The number of hydrogen-bond donors (Lipinski definition) is 2. The van der Waals surface area contributed by atoms with Crippen molar-refractivity contribution in [3.05, 3.63) is 50.4 Å². The predicted molar refractivity (Wildman–Crippen MR) is 99.3 cm³/mol. The zero-order valence-electron chi connectivity index (χ0n) is 15.4. The molecular formula is C18H19N5O5. The fourth-order valence-corrected chi connectivity index (χ4v) is 3.06. The summed E-state index contributed by atoms with van der Waals surface area (Å²) >= 11 is 0. The van der Waals surface area contributed by atoms with Crippen molar-refractivity contribution in [2.75, 3.05) is 6.79 Å². The first kappa shape index (κ1) is 17.8. The molecule has 3 aromatic rings. The molecule has 146 valence electrons. The van der Waals surface area contributed by atoms with Crippen molar-refractivity contribution in [1.29, 1.82) is 0 Å². The van der Waals surface area contributed by atoms with Crippen LogP contribution in [0.5, 0.6) is 11.5 Å². The third-order valence-electron chi connectivity index (χ3n) is 4.66. The van der Waals surface area contributed by atoms with Crippen molar-refractivity contribution >= 4 is 17.1 Å². The van der Waals surface area contributed by atoms with Crippen molar-refractivity contribution < 1.29 is 14.3 Å². The molecule has 0 unspecified atom stereocenters. The fraction of sp³-hybridized carbons (Fsp3) is 0.333. The van der Waals surface area contributed by atoms with Gasteiger partial charge in [0, 0.05) is 33.5 Å². The molecule has 1 aliphatic rings. The average Bonchev–Trinajstić information content (AvgIpc) is 3.34. The second kappa shape index (κ2) is 6.87. The largest absolute Gasteiger partial charge is 0.454 e. The van der Waals surface area contributed by atoms with Gasteiger partial charge in [0.15, 0.2) is 17.1 Å². The number of rotatable bonds is 5. The third kappa shape index (κ3) is 3.13. The molecule has 0 saturated carbocycles. The summed E-state index contributed by atoms with van der Waals surface area (Å²) in [5.41, 5.74) is 0.546. The van der Waals surface area contributed by atoms with E-state index in [4.69, 9.17) is 9.47 Å². The van der Waals surface area contributed by atoms with E-state index in [1.807, 2.05) is 18.2 Å². The van der Waals surface area contributed by atoms with Gasteiger partial charge in [-0.3, -0.25) is 18.7 Å². The Morgan fingerprint density at radius 3 is 2.82 bits per heavy atom. The van der Waals surface area contributed by atoms with Crippen LogP contribution in [0.15, 0.2) is 27.8 Å². The molecule has 2 N–H and O–H groups in total. The molecule has 28 heavy (non-hydrogen) atoms. The van der Waals surface area contributed by atoms with Gasteiger partial charge in [-0.1, -0.05) is 6.07 Å². The van der Waals surface area contributed by atoms with E-state index in [-0.39, 0.29) is 30.3 Å². The standard InChI is InChI=1S/C18H19N5O5/c1-22-16-15(17(25)23(2)18(22)26)20-13(21-16)5-6-14(24)19-8-10-3-4-11-12(7-10)28-9-27-11/h3-4,7H,5-6,8-9H2,1-2H3,(H,19,24)(H,20,21). The quantitative estimate of drug-likeness (QED) is 0.635. The monoisotopic (exact) mass is 385 g/mol. The van der Waals surface area contributed by atoms with E-state index in [9.17, 15) is 14.4 Å². The summed E-state index contributed by atoms with van der Waals surface area (Å²) in [6.45, 7) is 0.571. The van der Waals surface area contributed by atoms with Crippen LogP contribution < -0.4 is 26.0 Å². The second-order valence-corrected chi connectivity index (χ2v) is 6.55. The Hall–Kier alpha value is -3.56. The van der Waals surface area contributed by atoms with Gasteiger partial charge in [0.05, 0.1) is 0 Å². The first-order chi connectivity index (χ1) is 13.4. The number of H-pyrrole nitrogens is 1. The van der Waals surface area contributed by atoms with Gasteiger partial charge in [0.2, 0.25) is 12.7 Å². The summed E-state index contributed by atoms with van der Waals surface area (Å²) in [5.74, 6) is 1.69. The van der Waals surface area contributed by atoms with E-state index in [0.717, 1.165) is 10.1 Å². The molecule has 10 heteroatoms. The van der Waals surface area contributed by atoms with Crippen molar-refractivity contribution in [3.63, 3.8) is 0 Å². The summed E-state index contributed by atoms with van der Waals surface area (Å²) in [7, 11) is 2.96. The Morgan fingerprint density at radius 1 is 1.21 bits per heavy atom. The predicted octanol–water partition coefficient (Wildman–Crippen LogP) is -0.0620. The Labute approximate surface area is 158 Å². The van der Waals surface area contributed by atoms with Gasteiger partial charge in [-0.2, -0.15) is 0 Å². The lowest BCUT2D eigenvalue weighted by molar-refractivity contribution is -0.121. The van der Waals surface area contributed by atoms with E-state index in [2.05, 4.69) is 15.3 Å². The molecule has 10 nitrogen and oxygen atoms in total. The summed E-state index contributed by atoms with van der Waals surface area (Å²) in [6, 6.07) is 5.50. The number of benzene rings is 1. The number of amides is 1. The second-order valence-electron chi connectivity index (χ2n) is 6.55. The smallest absolute Gasteiger partial charge is 0.332 e. The molecule has 4 rings (SSSR count). The van der Waals surface area contributed by atoms with Crippen LogP contribution in [0, 0.1) is 0 Å². The molecule has 1 amide bonds. The average molecular weight is 385 g/mol. The summed E-state index contributed by atoms with van der Waals surface area (Å²) in [5, 5.41) is 2.84. The maximum absolute atomic E-state index is 12.2. The summed E-state index contributed by atoms with van der Waals surface area (Å²) in [6.07, 6.45) is 0.512. The number of fused-ring (bicyclic) bond motifs is 2. The summed E-state index contributed by atoms with van der Waals surface area (Å²) in [4.78, 5) is 43.5. The molecule has 0 bridgehead atoms. The van der Waals surface area contributed by atoms with E-state index in [1.165, 1.54) is 11.6 Å². The number of hydrogen-bond acceptors (Lipinski definition) is 6. The fourth-order valence-electron chi connectivity index (χ4n) is 3.06. The zero-order chi connectivity index (χ0) is 19.8. The SMILES string of the molecule is Cn1c(=O)c2[nH]c(CCC(=O)NCc3ccc4c(c3)OCO4)nc2n(C)c1=O. The molecule has 0 spiro atoms. The Morgan fingerprint density at radius 2 is 2.00 bits per heavy atom. The van der Waals surface area contributed by atoms with E-state index < -0.39 is 11.2 Å². The van der Waals surface area contributed by atoms with Crippen LogP contribution in [0.1, 0.15) is 17.8 Å². The van der Waals surface area contributed by atoms with E-state index in [1.54, 1.807) is 7.05 Å². The van der Waals surface area contributed by atoms with Gasteiger partial charge in [0.25, 0.3) is 5.56 Å². The number of carbonyl (C=O) groups is 1. The number of nitrogens with one attached hydrogen (secondary N) is 2. The molecular weight excluding hydrogens is 366 g/mol. The van der Waals surface area contributed by atoms with Gasteiger partial charge in [-0.15, -0.1) is 0 Å². The Bertz CT molecular complexity index is 1190. The van der Waals surface area contributed by atoms with Crippen LogP contribution >= 0.6 is 0 Å². The maximum atomic E-state index is 12.2. The zero-order valence-corrected chi connectivity index (χ0v) is 15.4. The lowest BCUT2D eigenvalue weighted by atomic mass is 10.2. The number of nitrogens with zero attached hydrogens (tertiary/aromatic N) is 3. The number of aromatic amines is 1. The van der Waals surface area contributed by atoms with Crippen LogP contribution in [-0.2, 0) is 31.9 Å². The molecule has 1 aliphatic heterocycles. The van der Waals surface area contributed by atoms with E-state index in [0.29, 0.717) is 30.3 Å². The highest BCUT2D eigenvalue weighted by molar-refractivity contribution is 5.76. The highest BCUT2D eigenvalue weighted by atomic mass is 16.7. The lowest BCUT2D eigenvalue weighted by Gasteiger charge is -2.05. The highest BCUT2D eigenvalue weighted by Crippen LogP contribution is 2.32. The minimum absolute atomic E-state index is 0.153. The molecule has 0 saturated heterocycles. The van der Waals surface area contributed by atoms with Crippen LogP contribution in [0.25, 0.3) is 11.2 Å². The number of aryl methyl sites for hydroxylation is 2. The number of imidazole rings is 1. The van der Waals surface area contributed by atoms with E-state index >= 15 is 0 Å². The Balaban J connectivity index is 1.40. The first-order valence-electron chi connectivity index (χ1n) is 8.74. The summed E-state index contributed by atoms with van der Waals surface area (Å²) < 4.78 is 12.9. The van der Waals surface area contributed by atoms with Gasteiger partial charge in [-0.05, 0) is 17.7 Å². The molecule has 0 atom stereocenters. The lowest BCUT2D eigenvalue weighted by Crippen LogP contribution is -2.36. The van der Waals surface area contributed by atoms with Gasteiger partial charge >= 0.3 is 5.69 Å². The molecule has 0 fully saturated rings. The van der Waals surface area contributed by atoms with Crippen molar-refractivity contribution in [2.24, 2.45) is 14.1 Å². The van der Waals surface area contributed by atoms with Gasteiger partial charge in [-0.25, -0.2) is 9.78 Å². The van der Waals surface area contributed by atoms with Crippen LogP contribution in [0.3, 0.4) is 0 Å². The Kier molecular flexibility index (Phi) is 4.38. The molecule has 3 heterocycles. The molecule has 1 aromatic carbocycles.